The molecule has 1 aromatic rings. The van der Waals surface area contributed by atoms with E-state index in [-0.39, 0.29) is 22.3 Å². The smallest absolute Gasteiger partial charge is 0.264 e. The van der Waals surface area contributed by atoms with Crippen molar-refractivity contribution in [2.45, 2.75) is 19.6 Å². The lowest BCUT2D eigenvalue weighted by Gasteiger charge is -2.09. The first-order valence-corrected chi connectivity index (χ1v) is 4.66. The van der Waals surface area contributed by atoms with E-state index in [2.05, 4.69) is 20.9 Å². The quantitative estimate of drug-likeness (QED) is 0.820. The van der Waals surface area contributed by atoms with E-state index in [0.29, 0.717) is 5.69 Å². The predicted molar refractivity (Wildman–Crippen MR) is 50.7 cm³/mol. The Morgan fingerprint density at radius 2 is 2.21 bits per heavy atom. The van der Waals surface area contributed by atoms with E-state index < -0.39 is 13.0 Å². The minimum absolute atomic E-state index is 0.0873. The zero-order chi connectivity index (χ0) is 10.7. The van der Waals surface area contributed by atoms with Crippen LogP contribution < -0.4 is 5.73 Å². The second-order valence-electron chi connectivity index (χ2n) is 2.64. The summed E-state index contributed by atoms with van der Waals surface area (Å²) in [6.45, 7) is -0.387. The molecule has 0 amide bonds. The van der Waals surface area contributed by atoms with Gasteiger partial charge in [0.25, 0.3) is 6.43 Å². The van der Waals surface area contributed by atoms with Gasteiger partial charge >= 0.3 is 0 Å². The highest BCUT2D eigenvalue weighted by atomic mass is 79.9. The number of hydrogen-bond donors (Lipinski definition) is 2. The minimum Gasteiger partial charge on any atom is -0.392 e. The van der Waals surface area contributed by atoms with E-state index >= 15 is 0 Å². The Bertz CT molecular complexity index is 333. The first kappa shape index (κ1) is 11.5. The summed E-state index contributed by atoms with van der Waals surface area (Å²) in [5.74, 6) is 0. The van der Waals surface area contributed by atoms with Crippen LogP contribution in [0.25, 0.3) is 0 Å². The van der Waals surface area contributed by atoms with Crippen LogP contribution in [0.3, 0.4) is 0 Å². The third-order valence-corrected chi connectivity index (χ3v) is 2.42. The monoisotopic (exact) mass is 266 g/mol. The largest absolute Gasteiger partial charge is 0.392 e. The topological polar surface area (TPSA) is 59.1 Å². The Labute approximate surface area is 88.1 Å². The first-order chi connectivity index (χ1) is 6.60. The Balaban J connectivity index is 3.28. The summed E-state index contributed by atoms with van der Waals surface area (Å²) in [5, 5.41) is 8.88. The van der Waals surface area contributed by atoms with Crippen molar-refractivity contribution in [2.24, 2.45) is 5.73 Å². The molecule has 3 N–H and O–H groups in total. The number of aromatic nitrogens is 1. The van der Waals surface area contributed by atoms with Gasteiger partial charge in [-0.2, -0.15) is 0 Å². The van der Waals surface area contributed by atoms with Crippen molar-refractivity contribution in [2.75, 3.05) is 0 Å². The van der Waals surface area contributed by atoms with Gasteiger partial charge in [-0.25, -0.2) is 13.8 Å². The number of rotatable bonds is 3. The van der Waals surface area contributed by atoms with Gasteiger partial charge in [0.15, 0.2) is 0 Å². The average Bonchev–Trinajstić information content (AvgIpc) is 2.16. The molecular weight excluding hydrogens is 258 g/mol. The van der Waals surface area contributed by atoms with E-state index in [1.807, 2.05) is 0 Å². The maximum atomic E-state index is 12.5. The van der Waals surface area contributed by atoms with Crippen molar-refractivity contribution in [1.29, 1.82) is 0 Å². The highest BCUT2D eigenvalue weighted by molar-refractivity contribution is 9.10. The van der Waals surface area contributed by atoms with Crippen LogP contribution >= 0.6 is 15.9 Å². The number of halogens is 3. The van der Waals surface area contributed by atoms with Crippen LogP contribution in [0.15, 0.2) is 10.7 Å². The van der Waals surface area contributed by atoms with E-state index in [1.54, 1.807) is 0 Å². The molecule has 0 spiro atoms. The average molecular weight is 267 g/mol. The summed E-state index contributed by atoms with van der Waals surface area (Å²) in [7, 11) is 0. The molecule has 1 rings (SSSR count). The summed E-state index contributed by atoms with van der Waals surface area (Å²) in [6.07, 6.45) is -2.64. The number of nitrogens with zero attached hydrogens (tertiary/aromatic N) is 1. The van der Waals surface area contributed by atoms with E-state index in [4.69, 9.17) is 10.8 Å². The summed E-state index contributed by atoms with van der Waals surface area (Å²) >= 11 is 3.01. The Hall–Kier alpha value is -0.590. The Morgan fingerprint density at radius 3 is 2.64 bits per heavy atom. The third-order valence-electron chi connectivity index (χ3n) is 1.76. The fraction of sp³-hybridized carbons (Fsp3) is 0.375. The molecule has 0 saturated carbocycles. The van der Waals surface area contributed by atoms with Crippen molar-refractivity contribution in [3.8, 4) is 0 Å². The SMILES string of the molecule is NCc1cc(C(F)F)c(CO)c(Br)n1. The number of pyridine rings is 1. The summed E-state index contributed by atoms with van der Waals surface area (Å²) in [4.78, 5) is 3.90. The first-order valence-electron chi connectivity index (χ1n) is 3.87. The standard InChI is InChI=1S/C8H9BrF2N2O/c9-7-6(3-14)5(8(10)11)1-4(2-12)13-7/h1,8,14H,2-3,12H2. The molecule has 0 radical (unpaired) electrons. The van der Waals surface area contributed by atoms with Gasteiger partial charge in [-0.1, -0.05) is 0 Å². The molecule has 0 unspecified atom stereocenters. The summed E-state index contributed by atoms with van der Waals surface area (Å²) in [6, 6.07) is 1.21. The predicted octanol–water partition coefficient (Wildman–Crippen LogP) is 1.73. The van der Waals surface area contributed by atoms with Crippen LogP contribution in [0.1, 0.15) is 23.2 Å². The van der Waals surface area contributed by atoms with Crippen LogP contribution in [0.2, 0.25) is 0 Å². The molecule has 78 valence electrons. The molecular formula is C8H9BrF2N2O. The van der Waals surface area contributed by atoms with Crippen LogP contribution in [-0.2, 0) is 13.2 Å². The van der Waals surface area contributed by atoms with Crippen molar-refractivity contribution < 1.29 is 13.9 Å². The van der Waals surface area contributed by atoms with Gasteiger partial charge in [0.05, 0.1) is 12.3 Å². The second kappa shape index (κ2) is 4.77. The molecule has 14 heavy (non-hydrogen) atoms. The molecule has 0 fully saturated rings. The number of aliphatic hydroxyl groups excluding tert-OH is 1. The highest BCUT2D eigenvalue weighted by Gasteiger charge is 2.17. The number of nitrogens with two attached hydrogens (primary N) is 1. The molecule has 1 aromatic heterocycles. The Kier molecular flexibility index (Phi) is 3.91. The zero-order valence-electron chi connectivity index (χ0n) is 7.17. The number of alkyl halides is 2. The lowest BCUT2D eigenvalue weighted by Crippen LogP contribution is -2.05. The van der Waals surface area contributed by atoms with Gasteiger partial charge in [0.2, 0.25) is 0 Å². The van der Waals surface area contributed by atoms with Crippen molar-refractivity contribution in [3.63, 3.8) is 0 Å². The molecule has 1 heterocycles. The summed E-state index contributed by atoms with van der Waals surface area (Å²) in [5.41, 5.74) is 5.54. The van der Waals surface area contributed by atoms with Crippen LogP contribution in [-0.4, -0.2) is 10.1 Å². The maximum absolute atomic E-state index is 12.5. The lowest BCUT2D eigenvalue weighted by molar-refractivity contribution is 0.146. The van der Waals surface area contributed by atoms with Crippen LogP contribution in [0, 0.1) is 0 Å². The van der Waals surface area contributed by atoms with Crippen LogP contribution in [0.4, 0.5) is 8.78 Å². The van der Waals surface area contributed by atoms with Gasteiger partial charge in [0, 0.05) is 17.7 Å². The molecule has 0 aliphatic rings. The fourth-order valence-electron chi connectivity index (χ4n) is 1.07. The molecule has 0 aliphatic carbocycles. The maximum Gasteiger partial charge on any atom is 0.264 e. The lowest BCUT2D eigenvalue weighted by atomic mass is 10.1. The fourth-order valence-corrected chi connectivity index (χ4v) is 1.65. The molecule has 0 saturated heterocycles. The minimum atomic E-state index is -2.64. The third kappa shape index (κ3) is 2.26. The van der Waals surface area contributed by atoms with E-state index in [9.17, 15) is 8.78 Å². The number of hydrogen-bond acceptors (Lipinski definition) is 3. The zero-order valence-corrected chi connectivity index (χ0v) is 8.76. The van der Waals surface area contributed by atoms with Gasteiger partial charge in [-0.15, -0.1) is 0 Å². The van der Waals surface area contributed by atoms with Crippen molar-refractivity contribution >= 4 is 15.9 Å². The second-order valence-corrected chi connectivity index (χ2v) is 3.39. The van der Waals surface area contributed by atoms with Gasteiger partial charge < -0.3 is 10.8 Å². The van der Waals surface area contributed by atoms with Gasteiger partial charge in [0.1, 0.15) is 4.60 Å². The van der Waals surface area contributed by atoms with Crippen molar-refractivity contribution in [3.05, 3.63) is 27.5 Å². The Morgan fingerprint density at radius 1 is 1.57 bits per heavy atom. The molecule has 0 aliphatic heterocycles. The molecule has 0 bridgehead atoms. The van der Waals surface area contributed by atoms with E-state index in [1.165, 1.54) is 6.07 Å². The van der Waals surface area contributed by atoms with Gasteiger partial charge in [-0.05, 0) is 22.0 Å². The van der Waals surface area contributed by atoms with Gasteiger partial charge in [-0.3, -0.25) is 0 Å². The normalized spacial score (nSPS) is 11.0. The van der Waals surface area contributed by atoms with Crippen LogP contribution in [0.5, 0.6) is 0 Å². The molecule has 0 atom stereocenters. The number of aliphatic hydroxyl groups is 1. The molecule has 0 aromatic carbocycles. The summed E-state index contributed by atoms with van der Waals surface area (Å²) < 4.78 is 25.2. The van der Waals surface area contributed by atoms with Crippen molar-refractivity contribution in [1.82, 2.24) is 4.98 Å². The molecule has 6 heteroatoms. The van der Waals surface area contributed by atoms with E-state index in [0.717, 1.165) is 0 Å². The highest BCUT2D eigenvalue weighted by Crippen LogP contribution is 2.28. The molecule has 3 nitrogen and oxygen atoms in total.